The molecule has 0 unspecified atom stereocenters. The standard InChI is InChI=1S/C17H13Br2NO2/c1-21-11-22-17-15(18)8-14(9-16(17)19)7-4-12-2-5-13(10-20)6-3-12/h2-9H,11H2,1H3/b7-4+. The molecular weight excluding hydrogens is 410 g/mol. The summed E-state index contributed by atoms with van der Waals surface area (Å²) in [5.74, 6) is 0.706. The smallest absolute Gasteiger partial charge is 0.188 e. The van der Waals surface area contributed by atoms with Crippen molar-refractivity contribution >= 4 is 44.0 Å². The van der Waals surface area contributed by atoms with E-state index in [0.29, 0.717) is 11.3 Å². The second-order valence-corrected chi connectivity index (χ2v) is 6.14. The quantitative estimate of drug-likeness (QED) is 0.489. The topological polar surface area (TPSA) is 42.2 Å². The highest BCUT2D eigenvalue weighted by atomic mass is 79.9. The van der Waals surface area contributed by atoms with E-state index in [9.17, 15) is 0 Å². The number of ether oxygens (including phenoxy) is 2. The number of rotatable bonds is 5. The third kappa shape index (κ3) is 4.44. The van der Waals surface area contributed by atoms with Crippen molar-refractivity contribution in [3.63, 3.8) is 0 Å². The predicted molar refractivity (Wildman–Crippen MR) is 94.4 cm³/mol. The minimum absolute atomic E-state index is 0.192. The molecule has 0 radical (unpaired) electrons. The number of benzene rings is 2. The van der Waals surface area contributed by atoms with E-state index in [-0.39, 0.29) is 6.79 Å². The molecular formula is C17H13Br2NO2. The average Bonchev–Trinajstić information content (AvgIpc) is 2.52. The maximum absolute atomic E-state index is 8.79. The highest BCUT2D eigenvalue weighted by molar-refractivity contribution is 9.11. The molecule has 0 saturated carbocycles. The highest BCUT2D eigenvalue weighted by Gasteiger charge is 2.07. The molecule has 0 aromatic heterocycles. The fourth-order valence-corrected chi connectivity index (χ4v) is 3.24. The summed E-state index contributed by atoms with van der Waals surface area (Å²) in [4.78, 5) is 0. The van der Waals surface area contributed by atoms with Crippen molar-refractivity contribution in [2.24, 2.45) is 0 Å². The Balaban J connectivity index is 2.18. The van der Waals surface area contributed by atoms with Crippen molar-refractivity contribution in [2.75, 3.05) is 13.9 Å². The van der Waals surface area contributed by atoms with Crippen LogP contribution in [0.1, 0.15) is 16.7 Å². The van der Waals surface area contributed by atoms with Crippen molar-refractivity contribution in [3.05, 3.63) is 62.0 Å². The minimum atomic E-state index is 0.192. The molecule has 0 aliphatic carbocycles. The highest BCUT2D eigenvalue weighted by Crippen LogP contribution is 2.35. The summed E-state index contributed by atoms with van der Waals surface area (Å²) in [7, 11) is 1.58. The van der Waals surface area contributed by atoms with Crippen LogP contribution in [0.3, 0.4) is 0 Å². The zero-order chi connectivity index (χ0) is 15.9. The fraction of sp³-hybridized carbons (Fsp3) is 0.118. The van der Waals surface area contributed by atoms with Crippen molar-refractivity contribution < 1.29 is 9.47 Å². The lowest BCUT2D eigenvalue weighted by atomic mass is 10.1. The molecule has 0 fully saturated rings. The molecule has 0 spiro atoms. The Kier molecular flexibility index (Phi) is 6.20. The van der Waals surface area contributed by atoms with Gasteiger partial charge in [-0.25, -0.2) is 0 Å². The number of halogens is 2. The third-order valence-electron chi connectivity index (χ3n) is 2.85. The molecule has 0 bridgehead atoms. The van der Waals surface area contributed by atoms with Crippen LogP contribution < -0.4 is 4.74 Å². The molecule has 2 aromatic rings. The monoisotopic (exact) mass is 421 g/mol. The largest absolute Gasteiger partial charge is 0.465 e. The van der Waals surface area contributed by atoms with Crippen LogP contribution in [0.15, 0.2) is 45.3 Å². The van der Waals surface area contributed by atoms with Crippen molar-refractivity contribution in [1.29, 1.82) is 5.26 Å². The van der Waals surface area contributed by atoms with Gasteiger partial charge in [-0.2, -0.15) is 5.26 Å². The van der Waals surface area contributed by atoms with Gasteiger partial charge in [-0.1, -0.05) is 24.3 Å². The molecule has 112 valence electrons. The number of hydrogen-bond acceptors (Lipinski definition) is 3. The van der Waals surface area contributed by atoms with Gasteiger partial charge in [0.2, 0.25) is 0 Å². The first kappa shape index (κ1) is 16.8. The Labute approximate surface area is 146 Å². The SMILES string of the molecule is COCOc1c(Br)cc(/C=C/c2ccc(C#N)cc2)cc1Br. The van der Waals surface area contributed by atoms with Crippen LogP contribution in [-0.4, -0.2) is 13.9 Å². The summed E-state index contributed by atoms with van der Waals surface area (Å²) in [6.45, 7) is 0.192. The predicted octanol–water partition coefficient (Wildman–Crippen LogP) is 5.24. The van der Waals surface area contributed by atoms with Crippen LogP contribution in [0.5, 0.6) is 5.75 Å². The first-order chi connectivity index (χ1) is 10.6. The second kappa shape index (κ2) is 8.14. The Morgan fingerprint density at radius 2 is 1.64 bits per heavy atom. The number of methoxy groups -OCH3 is 1. The lowest BCUT2D eigenvalue weighted by molar-refractivity contribution is 0.0500. The van der Waals surface area contributed by atoms with Gasteiger partial charge >= 0.3 is 0 Å². The summed E-state index contributed by atoms with van der Waals surface area (Å²) < 4.78 is 12.1. The number of hydrogen-bond donors (Lipinski definition) is 0. The fourth-order valence-electron chi connectivity index (χ4n) is 1.79. The molecule has 3 nitrogen and oxygen atoms in total. The third-order valence-corrected chi connectivity index (χ3v) is 4.03. The van der Waals surface area contributed by atoms with E-state index >= 15 is 0 Å². The molecule has 0 aliphatic heterocycles. The van der Waals surface area contributed by atoms with Crippen molar-refractivity contribution in [3.8, 4) is 11.8 Å². The molecule has 0 heterocycles. The first-order valence-corrected chi connectivity index (χ1v) is 8.01. The summed E-state index contributed by atoms with van der Waals surface area (Å²) in [6.07, 6.45) is 3.99. The minimum Gasteiger partial charge on any atom is -0.465 e. The van der Waals surface area contributed by atoms with Crippen LogP contribution in [0.4, 0.5) is 0 Å². The first-order valence-electron chi connectivity index (χ1n) is 6.43. The Bertz CT molecular complexity index is 695. The van der Waals surface area contributed by atoms with Crippen LogP contribution in [0.2, 0.25) is 0 Å². The molecule has 0 N–H and O–H groups in total. The van der Waals surface area contributed by atoms with Crippen LogP contribution >= 0.6 is 31.9 Å². The molecule has 2 rings (SSSR count). The summed E-state index contributed by atoms with van der Waals surface area (Å²) in [5, 5.41) is 8.79. The molecule has 22 heavy (non-hydrogen) atoms. The zero-order valence-electron chi connectivity index (χ0n) is 11.8. The van der Waals surface area contributed by atoms with Crippen molar-refractivity contribution in [2.45, 2.75) is 0 Å². The normalized spacial score (nSPS) is 10.6. The Morgan fingerprint density at radius 1 is 1.05 bits per heavy atom. The van der Waals surface area contributed by atoms with Gasteiger partial charge in [0.15, 0.2) is 12.5 Å². The van der Waals surface area contributed by atoms with Crippen molar-refractivity contribution in [1.82, 2.24) is 0 Å². The lowest BCUT2D eigenvalue weighted by Gasteiger charge is -2.10. The maximum atomic E-state index is 8.79. The molecule has 5 heteroatoms. The van der Waals surface area contributed by atoms with E-state index in [1.165, 1.54) is 0 Å². The lowest BCUT2D eigenvalue weighted by Crippen LogP contribution is -2.00. The van der Waals surface area contributed by atoms with Gasteiger partial charge in [0.1, 0.15) is 0 Å². The number of nitriles is 1. The van der Waals surface area contributed by atoms with Crippen LogP contribution in [0.25, 0.3) is 12.2 Å². The van der Waals surface area contributed by atoms with Crippen LogP contribution in [-0.2, 0) is 4.74 Å². The Hall–Kier alpha value is -1.61. The maximum Gasteiger partial charge on any atom is 0.188 e. The average molecular weight is 423 g/mol. The van der Waals surface area contributed by atoms with Gasteiger partial charge < -0.3 is 9.47 Å². The molecule has 0 aliphatic rings. The molecule has 0 saturated heterocycles. The van der Waals surface area contributed by atoms with Gasteiger partial charge in [0.25, 0.3) is 0 Å². The van der Waals surface area contributed by atoms with E-state index in [1.54, 1.807) is 19.2 Å². The van der Waals surface area contributed by atoms with Gasteiger partial charge in [-0.15, -0.1) is 0 Å². The number of nitrogens with zero attached hydrogens (tertiary/aromatic N) is 1. The van der Waals surface area contributed by atoms with E-state index in [4.69, 9.17) is 14.7 Å². The molecule has 0 amide bonds. The summed E-state index contributed by atoms with van der Waals surface area (Å²) in [6, 6.07) is 13.5. The zero-order valence-corrected chi connectivity index (χ0v) is 15.0. The summed E-state index contributed by atoms with van der Waals surface area (Å²) >= 11 is 6.99. The summed E-state index contributed by atoms with van der Waals surface area (Å²) in [5.41, 5.74) is 2.71. The van der Waals surface area contributed by atoms with E-state index < -0.39 is 0 Å². The van der Waals surface area contributed by atoms with Gasteiger partial charge in [0, 0.05) is 7.11 Å². The van der Waals surface area contributed by atoms with E-state index in [0.717, 1.165) is 20.1 Å². The molecule has 2 aromatic carbocycles. The second-order valence-electron chi connectivity index (χ2n) is 4.43. The van der Waals surface area contributed by atoms with Gasteiger partial charge in [-0.05, 0) is 67.3 Å². The van der Waals surface area contributed by atoms with E-state index in [2.05, 4.69) is 37.9 Å². The van der Waals surface area contributed by atoms with Gasteiger partial charge in [-0.3, -0.25) is 0 Å². The van der Waals surface area contributed by atoms with E-state index in [1.807, 2.05) is 36.4 Å². The van der Waals surface area contributed by atoms with Gasteiger partial charge in [0.05, 0.1) is 20.6 Å². The Morgan fingerprint density at radius 3 is 2.18 bits per heavy atom. The van der Waals surface area contributed by atoms with Crippen LogP contribution in [0, 0.1) is 11.3 Å². The molecule has 0 atom stereocenters.